The van der Waals surface area contributed by atoms with Crippen LogP contribution in [0.4, 0.5) is 8.78 Å². The van der Waals surface area contributed by atoms with E-state index in [0.29, 0.717) is 0 Å². The minimum Gasteiger partial charge on any atom is -0.452 e. The lowest BCUT2D eigenvalue weighted by molar-refractivity contribution is 0.0991. The van der Waals surface area contributed by atoms with Gasteiger partial charge in [0, 0.05) is 6.42 Å². The minimum absolute atomic E-state index is 0.00716. The topological polar surface area (TPSA) is 30.2 Å². The van der Waals surface area contributed by atoms with E-state index in [2.05, 4.69) is 0 Å². The third kappa shape index (κ3) is 2.53. The average Bonchev–Trinajstić information content (AvgIpc) is 2.70. The Labute approximate surface area is 101 Å². The van der Waals surface area contributed by atoms with Gasteiger partial charge in [0.05, 0.1) is 11.8 Å². The Hall–Kier alpha value is -1.68. The lowest BCUT2D eigenvalue weighted by Crippen LogP contribution is -2.05. The van der Waals surface area contributed by atoms with Crippen LogP contribution in [-0.2, 0) is 6.42 Å². The Morgan fingerprint density at radius 1 is 1.29 bits per heavy atom. The highest BCUT2D eigenvalue weighted by atomic mass is 35.5. The van der Waals surface area contributed by atoms with Gasteiger partial charge < -0.3 is 4.42 Å². The van der Waals surface area contributed by atoms with Crippen molar-refractivity contribution in [3.63, 3.8) is 0 Å². The zero-order valence-electron chi connectivity index (χ0n) is 8.54. The number of carbonyl (C=O) groups is 1. The molecule has 1 aromatic heterocycles. The van der Waals surface area contributed by atoms with Gasteiger partial charge in [0.1, 0.15) is 11.6 Å². The zero-order chi connectivity index (χ0) is 12.4. The summed E-state index contributed by atoms with van der Waals surface area (Å²) in [6, 6.07) is 4.35. The number of rotatable bonds is 3. The van der Waals surface area contributed by atoms with Crippen molar-refractivity contribution in [3.8, 4) is 0 Å². The first-order chi connectivity index (χ1) is 8.08. The zero-order valence-corrected chi connectivity index (χ0v) is 9.30. The normalized spacial score (nSPS) is 10.5. The molecule has 0 aliphatic heterocycles. The molecule has 17 heavy (non-hydrogen) atoms. The van der Waals surface area contributed by atoms with Crippen LogP contribution in [0, 0.1) is 11.6 Å². The standard InChI is InChI=1S/C12H7ClF2O2/c13-12-9(3-4-17-12)11(16)6-7-5-8(14)1-2-10(7)15/h1-5H,6H2. The van der Waals surface area contributed by atoms with Gasteiger partial charge in [-0.1, -0.05) is 0 Å². The molecule has 1 aromatic carbocycles. The number of carbonyl (C=O) groups excluding carboxylic acids is 1. The number of halogens is 3. The van der Waals surface area contributed by atoms with Crippen molar-refractivity contribution in [1.29, 1.82) is 0 Å². The highest BCUT2D eigenvalue weighted by Crippen LogP contribution is 2.20. The average molecular weight is 257 g/mol. The first-order valence-corrected chi connectivity index (χ1v) is 5.16. The van der Waals surface area contributed by atoms with E-state index in [-0.39, 0.29) is 22.8 Å². The molecule has 0 amide bonds. The lowest BCUT2D eigenvalue weighted by atomic mass is 10.0. The summed E-state index contributed by atoms with van der Waals surface area (Å²) < 4.78 is 30.9. The van der Waals surface area contributed by atoms with E-state index in [0.717, 1.165) is 18.2 Å². The van der Waals surface area contributed by atoms with Crippen LogP contribution < -0.4 is 0 Å². The summed E-state index contributed by atoms with van der Waals surface area (Å²) in [5, 5.41) is -0.0492. The van der Waals surface area contributed by atoms with E-state index in [1.807, 2.05) is 0 Å². The Bertz CT molecular complexity index is 563. The maximum atomic E-state index is 13.3. The van der Waals surface area contributed by atoms with E-state index in [9.17, 15) is 13.6 Å². The van der Waals surface area contributed by atoms with E-state index in [1.165, 1.54) is 12.3 Å². The largest absolute Gasteiger partial charge is 0.452 e. The molecule has 0 fully saturated rings. The maximum Gasteiger partial charge on any atom is 0.203 e. The number of hydrogen-bond acceptors (Lipinski definition) is 2. The molecule has 0 unspecified atom stereocenters. The summed E-state index contributed by atoms with van der Waals surface area (Å²) in [6.45, 7) is 0. The fraction of sp³-hybridized carbons (Fsp3) is 0.0833. The van der Waals surface area contributed by atoms with Crippen molar-refractivity contribution in [1.82, 2.24) is 0 Å². The molecule has 0 N–H and O–H groups in total. The molecule has 0 saturated carbocycles. The molecule has 5 heteroatoms. The summed E-state index contributed by atoms with van der Waals surface area (Å²) in [6.07, 6.45) is 1.00. The molecular weight excluding hydrogens is 250 g/mol. The van der Waals surface area contributed by atoms with Gasteiger partial charge in [-0.2, -0.15) is 0 Å². The van der Waals surface area contributed by atoms with Gasteiger partial charge in [-0.05, 0) is 41.4 Å². The SMILES string of the molecule is O=C(Cc1cc(F)ccc1F)c1ccoc1Cl. The fourth-order valence-electron chi connectivity index (χ4n) is 1.44. The van der Waals surface area contributed by atoms with Crippen LogP contribution in [-0.4, -0.2) is 5.78 Å². The molecule has 0 radical (unpaired) electrons. The molecule has 0 spiro atoms. The van der Waals surface area contributed by atoms with Crippen LogP contribution in [0.3, 0.4) is 0 Å². The van der Waals surface area contributed by atoms with Crippen molar-refractivity contribution in [2.45, 2.75) is 6.42 Å². The third-order valence-electron chi connectivity index (χ3n) is 2.28. The summed E-state index contributed by atoms with van der Waals surface area (Å²) in [4.78, 5) is 11.7. The van der Waals surface area contributed by atoms with Crippen LogP contribution in [0.1, 0.15) is 15.9 Å². The van der Waals surface area contributed by atoms with Crippen LogP contribution in [0.25, 0.3) is 0 Å². The molecule has 0 saturated heterocycles. The van der Waals surface area contributed by atoms with E-state index >= 15 is 0 Å². The number of benzene rings is 1. The monoisotopic (exact) mass is 256 g/mol. The van der Waals surface area contributed by atoms with Crippen molar-refractivity contribution < 1.29 is 18.0 Å². The number of ketones is 1. The molecule has 0 aliphatic carbocycles. The molecule has 2 aromatic rings. The van der Waals surface area contributed by atoms with Gasteiger partial charge in [-0.25, -0.2) is 8.78 Å². The van der Waals surface area contributed by atoms with Crippen molar-refractivity contribution in [2.24, 2.45) is 0 Å². The first kappa shape index (κ1) is 11.8. The highest BCUT2D eigenvalue weighted by molar-refractivity contribution is 6.32. The summed E-state index contributed by atoms with van der Waals surface area (Å²) in [5.74, 6) is -1.64. The second kappa shape index (κ2) is 4.67. The summed E-state index contributed by atoms with van der Waals surface area (Å²) in [7, 11) is 0. The highest BCUT2D eigenvalue weighted by Gasteiger charge is 2.15. The molecule has 0 bridgehead atoms. The second-order valence-electron chi connectivity index (χ2n) is 3.44. The lowest BCUT2D eigenvalue weighted by Gasteiger charge is -2.01. The predicted octanol–water partition coefficient (Wildman–Crippen LogP) is 3.64. The molecule has 88 valence electrons. The van der Waals surface area contributed by atoms with Crippen molar-refractivity contribution in [3.05, 3.63) is 58.5 Å². The number of furan rings is 1. The van der Waals surface area contributed by atoms with Crippen LogP contribution in [0.5, 0.6) is 0 Å². The molecular formula is C12H7ClF2O2. The van der Waals surface area contributed by atoms with Crippen molar-refractivity contribution in [2.75, 3.05) is 0 Å². The third-order valence-corrected chi connectivity index (χ3v) is 2.57. The van der Waals surface area contributed by atoms with E-state index in [4.69, 9.17) is 16.0 Å². The first-order valence-electron chi connectivity index (χ1n) is 4.78. The van der Waals surface area contributed by atoms with Gasteiger partial charge >= 0.3 is 0 Å². The van der Waals surface area contributed by atoms with Gasteiger partial charge in [0.15, 0.2) is 5.78 Å². The molecule has 1 heterocycles. The fourth-order valence-corrected chi connectivity index (χ4v) is 1.66. The molecule has 0 aliphatic rings. The van der Waals surface area contributed by atoms with E-state index in [1.54, 1.807) is 0 Å². The Kier molecular flexibility index (Phi) is 3.24. The van der Waals surface area contributed by atoms with Crippen LogP contribution in [0.2, 0.25) is 5.22 Å². The minimum atomic E-state index is -0.626. The molecule has 0 atom stereocenters. The predicted molar refractivity (Wildman–Crippen MR) is 58.1 cm³/mol. The smallest absolute Gasteiger partial charge is 0.203 e. The van der Waals surface area contributed by atoms with E-state index < -0.39 is 17.4 Å². The van der Waals surface area contributed by atoms with Crippen LogP contribution in [0.15, 0.2) is 34.9 Å². The quantitative estimate of drug-likeness (QED) is 0.785. The van der Waals surface area contributed by atoms with Gasteiger partial charge in [-0.3, -0.25) is 4.79 Å². The molecule has 2 nitrogen and oxygen atoms in total. The van der Waals surface area contributed by atoms with Gasteiger partial charge in [0.25, 0.3) is 0 Å². The Morgan fingerprint density at radius 3 is 2.71 bits per heavy atom. The summed E-state index contributed by atoms with van der Waals surface area (Å²) in [5.41, 5.74) is 0.155. The second-order valence-corrected chi connectivity index (χ2v) is 3.79. The Balaban J connectivity index is 2.24. The summed E-state index contributed by atoms with van der Waals surface area (Å²) >= 11 is 5.62. The maximum absolute atomic E-state index is 13.3. The number of Topliss-reactive ketones (excluding diaryl/α,β-unsaturated/α-hetero) is 1. The van der Waals surface area contributed by atoms with Crippen molar-refractivity contribution >= 4 is 17.4 Å². The van der Waals surface area contributed by atoms with Crippen LogP contribution >= 0.6 is 11.6 Å². The molecule has 2 rings (SSSR count). The number of hydrogen-bond donors (Lipinski definition) is 0. The van der Waals surface area contributed by atoms with Gasteiger partial charge in [0.2, 0.25) is 5.22 Å². The Morgan fingerprint density at radius 2 is 2.06 bits per heavy atom. The van der Waals surface area contributed by atoms with Gasteiger partial charge in [-0.15, -0.1) is 0 Å².